The maximum absolute atomic E-state index is 13.2. The fourth-order valence-corrected chi connectivity index (χ4v) is 2.49. The van der Waals surface area contributed by atoms with Crippen LogP contribution >= 0.6 is 11.6 Å². The fourth-order valence-electron chi connectivity index (χ4n) is 2.28. The van der Waals surface area contributed by atoms with Gasteiger partial charge in [0.2, 0.25) is 0 Å². The summed E-state index contributed by atoms with van der Waals surface area (Å²) in [4.78, 5) is 22.8. The van der Waals surface area contributed by atoms with Gasteiger partial charge in [0.1, 0.15) is 5.82 Å². The van der Waals surface area contributed by atoms with E-state index in [4.69, 9.17) is 16.7 Å². The average Bonchev–Trinajstić information content (AvgIpc) is 2.81. The number of hydrogen-bond acceptors (Lipinski definition) is 2. The van der Waals surface area contributed by atoms with Gasteiger partial charge in [0, 0.05) is 6.04 Å². The first-order chi connectivity index (χ1) is 8.99. The minimum Gasteiger partial charge on any atom is -0.481 e. The standard InChI is InChI=1S/C13H13ClFNO3/c14-11-9(2-1-3-10(11)15)12(17)16-8-5-4-7(6-8)13(18)19/h1-3,7-8H,4-6H2,(H,16,17)(H,18,19)/t7-,8+/m0/s1. The van der Waals surface area contributed by atoms with Gasteiger partial charge < -0.3 is 10.4 Å². The van der Waals surface area contributed by atoms with E-state index >= 15 is 0 Å². The lowest BCUT2D eigenvalue weighted by Crippen LogP contribution is -2.33. The molecular formula is C13H13ClFNO3. The Bertz CT molecular complexity index is 521. The molecule has 102 valence electrons. The number of rotatable bonds is 3. The van der Waals surface area contributed by atoms with Crippen LogP contribution in [0.25, 0.3) is 0 Å². The van der Waals surface area contributed by atoms with Crippen LogP contribution in [0.5, 0.6) is 0 Å². The second-order valence-electron chi connectivity index (χ2n) is 4.62. The first-order valence-corrected chi connectivity index (χ1v) is 6.34. The Kier molecular flexibility index (Phi) is 4.04. The van der Waals surface area contributed by atoms with E-state index in [9.17, 15) is 14.0 Å². The summed E-state index contributed by atoms with van der Waals surface area (Å²) in [6.07, 6.45) is 1.54. The summed E-state index contributed by atoms with van der Waals surface area (Å²) in [6.45, 7) is 0. The highest BCUT2D eigenvalue weighted by molar-refractivity contribution is 6.34. The molecule has 0 radical (unpaired) electrons. The third kappa shape index (κ3) is 3.04. The molecule has 1 aliphatic rings. The van der Waals surface area contributed by atoms with Crippen LogP contribution in [0.1, 0.15) is 29.6 Å². The molecule has 4 nitrogen and oxygen atoms in total. The third-order valence-electron chi connectivity index (χ3n) is 3.31. The molecule has 0 spiro atoms. The molecule has 0 heterocycles. The first-order valence-electron chi connectivity index (χ1n) is 5.96. The number of nitrogens with one attached hydrogen (secondary N) is 1. The van der Waals surface area contributed by atoms with Crippen LogP contribution in [-0.4, -0.2) is 23.0 Å². The van der Waals surface area contributed by atoms with Crippen molar-refractivity contribution < 1.29 is 19.1 Å². The van der Waals surface area contributed by atoms with Crippen molar-refractivity contribution in [3.63, 3.8) is 0 Å². The molecular weight excluding hydrogens is 273 g/mol. The zero-order valence-electron chi connectivity index (χ0n) is 10.0. The molecule has 2 N–H and O–H groups in total. The van der Waals surface area contributed by atoms with Crippen molar-refractivity contribution in [1.82, 2.24) is 5.32 Å². The molecule has 0 aliphatic heterocycles. The van der Waals surface area contributed by atoms with Gasteiger partial charge in [-0.2, -0.15) is 0 Å². The summed E-state index contributed by atoms with van der Waals surface area (Å²) in [6, 6.07) is 3.82. The van der Waals surface area contributed by atoms with Gasteiger partial charge >= 0.3 is 5.97 Å². The number of aliphatic carboxylic acids is 1. The maximum atomic E-state index is 13.2. The number of carboxylic acid groups (broad SMARTS) is 1. The van der Waals surface area contributed by atoms with Crippen molar-refractivity contribution in [1.29, 1.82) is 0 Å². The number of amides is 1. The number of carbonyl (C=O) groups excluding carboxylic acids is 1. The van der Waals surface area contributed by atoms with Gasteiger partial charge in [-0.25, -0.2) is 4.39 Å². The quantitative estimate of drug-likeness (QED) is 0.896. The van der Waals surface area contributed by atoms with E-state index in [1.807, 2.05) is 0 Å². The van der Waals surface area contributed by atoms with Gasteiger partial charge in [-0.1, -0.05) is 17.7 Å². The molecule has 1 aromatic carbocycles. The van der Waals surface area contributed by atoms with E-state index in [1.54, 1.807) is 0 Å². The van der Waals surface area contributed by atoms with Gasteiger partial charge in [0.25, 0.3) is 5.91 Å². The predicted octanol–water partition coefficient (Wildman–Crippen LogP) is 2.46. The van der Waals surface area contributed by atoms with Crippen LogP contribution in [0.4, 0.5) is 4.39 Å². The fraction of sp³-hybridized carbons (Fsp3) is 0.385. The minimum absolute atomic E-state index is 0.0699. The lowest BCUT2D eigenvalue weighted by molar-refractivity contribution is -0.141. The summed E-state index contributed by atoms with van der Waals surface area (Å²) >= 11 is 5.72. The van der Waals surface area contributed by atoms with Crippen LogP contribution in [0.15, 0.2) is 18.2 Å². The van der Waals surface area contributed by atoms with Crippen LogP contribution in [0.2, 0.25) is 5.02 Å². The number of halogens is 2. The van der Waals surface area contributed by atoms with E-state index in [1.165, 1.54) is 18.2 Å². The smallest absolute Gasteiger partial charge is 0.306 e. The molecule has 1 aliphatic carbocycles. The number of benzene rings is 1. The van der Waals surface area contributed by atoms with Crippen LogP contribution in [0, 0.1) is 11.7 Å². The SMILES string of the molecule is O=C(N[C@@H]1CC[C@H](C(=O)O)C1)c1cccc(F)c1Cl. The Morgan fingerprint density at radius 1 is 1.37 bits per heavy atom. The Hall–Kier alpha value is -1.62. The normalized spacial score (nSPS) is 22.2. The molecule has 1 saturated carbocycles. The average molecular weight is 286 g/mol. The minimum atomic E-state index is -0.847. The summed E-state index contributed by atoms with van der Waals surface area (Å²) in [5.41, 5.74) is 0.0699. The van der Waals surface area contributed by atoms with Gasteiger partial charge in [-0.15, -0.1) is 0 Å². The van der Waals surface area contributed by atoms with Crippen LogP contribution < -0.4 is 5.32 Å². The Morgan fingerprint density at radius 3 is 2.74 bits per heavy atom. The van der Waals surface area contributed by atoms with Crippen LogP contribution in [-0.2, 0) is 4.79 Å². The number of hydrogen-bond donors (Lipinski definition) is 2. The second-order valence-corrected chi connectivity index (χ2v) is 5.00. The summed E-state index contributed by atoms with van der Waals surface area (Å²) in [7, 11) is 0. The highest BCUT2D eigenvalue weighted by Gasteiger charge is 2.31. The lowest BCUT2D eigenvalue weighted by Gasteiger charge is -2.13. The molecule has 1 aromatic rings. The van der Waals surface area contributed by atoms with E-state index in [-0.39, 0.29) is 16.6 Å². The van der Waals surface area contributed by atoms with Gasteiger partial charge in [0.05, 0.1) is 16.5 Å². The van der Waals surface area contributed by atoms with Crippen molar-refractivity contribution in [2.24, 2.45) is 5.92 Å². The van der Waals surface area contributed by atoms with Gasteiger partial charge in [0.15, 0.2) is 0 Å². The van der Waals surface area contributed by atoms with E-state index < -0.39 is 23.6 Å². The zero-order chi connectivity index (χ0) is 14.0. The molecule has 0 unspecified atom stereocenters. The lowest BCUT2D eigenvalue weighted by atomic mass is 10.1. The molecule has 19 heavy (non-hydrogen) atoms. The van der Waals surface area contributed by atoms with Crippen molar-refractivity contribution in [2.75, 3.05) is 0 Å². The monoisotopic (exact) mass is 285 g/mol. The number of carboxylic acids is 1. The molecule has 2 rings (SSSR count). The van der Waals surface area contributed by atoms with E-state index in [2.05, 4.69) is 5.32 Å². The Labute approximate surface area is 114 Å². The van der Waals surface area contributed by atoms with Crippen LogP contribution in [0.3, 0.4) is 0 Å². The zero-order valence-corrected chi connectivity index (χ0v) is 10.8. The molecule has 0 bridgehead atoms. The summed E-state index contributed by atoms with van der Waals surface area (Å²) in [5.74, 6) is -2.39. The van der Waals surface area contributed by atoms with Crippen molar-refractivity contribution >= 4 is 23.5 Å². The predicted molar refractivity (Wildman–Crippen MR) is 67.6 cm³/mol. The van der Waals surface area contributed by atoms with Crippen molar-refractivity contribution in [3.05, 3.63) is 34.6 Å². The first kappa shape index (κ1) is 13.8. The second kappa shape index (κ2) is 5.57. The molecule has 1 amide bonds. The highest BCUT2D eigenvalue weighted by atomic mass is 35.5. The molecule has 6 heteroatoms. The topological polar surface area (TPSA) is 66.4 Å². The van der Waals surface area contributed by atoms with Crippen molar-refractivity contribution in [2.45, 2.75) is 25.3 Å². The number of carbonyl (C=O) groups is 2. The molecule has 0 aromatic heterocycles. The largest absolute Gasteiger partial charge is 0.481 e. The van der Waals surface area contributed by atoms with E-state index in [0.29, 0.717) is 19.3 Å². The molecule has 0 saturated heterocycles. The van der Waals surface area contributed by atoms with Gasteiger partial charge in [-0.05, 0) is 31.4 Å². The third-order valence-corrected chi connectivity index (χ3v) is 3.70. The van der Waals surface area contributed by atoms with Gasteiger partial charge in [-0.3, -0.25) is 9.59 Å². The Morgan fingerprint density at radius 2 is 2.11 bits per heavy atom. The summed E-state index contributed by atoms with van der Waals surface area (Å²) < 4.78 is 13.2. The maximum Gasteiger partial charge on any atom is 0.306 e. The van der Waals surface area contributed by atoms with Crippen molar-refractivity contribution in [3.8, 4) is 0 Å². The highest BCUT2D eigenvalue weighted by Crippen LogP contribution is 2.26. The molecule has 1 fully saturated rings. The molecule has 2 atom stereocenters. The van der Waals surface area contributed by atoms with E-state index in [0.717, 1.165) is 0 Å². The Balaban J connectivity index is 2.02. The summed E-state index contributed by atoms with van der Waals surface area (Å²) in [5, 5.41) is 11.4.